The predicted molar refractivity (Wildman–Crippen MR) is 118 cm³/mol. The third-order valence-corrected chi connectivity index (χ3v) is 5.06. The van der Waals surface area contributed by atoms with E-state index in [4.69, 9.17) is 9.73 Å². The molecule has 2 N–H and O–H groups in total. The minimum atomic E-state index is -0.00958. The minimum Gasteiger partial charge on any atom is -0.376 e. The van der Waals surface area contributed by atoms with Crippen LogP contribution in [-0.2, 0) is 16.1 Å². The maximum absolute atomic E-state index is 12.0. The van der Waals surface area contributed by atoms with Crippen LogP contribution in [0.3, 0.4) is 0 Å². The van der Waals surface area contributed by atoms with Gasteiger partial charge < -0.3 is 20.3 Å². The normalized spacial score (nSPS) is 16.5. The first-order valence-electron chi connectivity index (χ1n) is 10.4. The number of nitrogens with one attached hydrogen (secondary N) is 2. The summed E-state index contributed by atoms with van der Waals surface area (Å²) in [4.78, 5) is 18.3. The number of benzene rings is 1. The van der Waals surface area contributed by atoms with E-state index in [-0.39, 0.29) is 18.6 Å². The van der Waals surface area contributed by atoms with Crippen molar-refractivity contribution in [2.45, 2.75) is 39.3 Å². The van der Waals surface area contributed by atoms with Crippen molar-refractivity contribution in [3.63, 3.8) is 0 Å². The molecule has 3 rings (SSSR count). The van der Waals surface area contributed by atoms with Gasteiger partial charge in [0.05, 0.1) is 30.6 Å². The van der Waals surface area contributed by atoms with Crippen LogP contribution >= 0.6 is 0 Å². The molecular formula is C22H32N6O2. The van der Waals surface area contributed by atoms with Crippen molar-refractivity contribution in [2.75, 3.05) is 33.8 Å². The Bertz CT molecular complexity index is 884. The highest BCUT2D eigenvalue weighted by Crippen LogP contribution is 2.18. The van der Waals surface area contributed by atoms with Crippen molar-refractivity contribution in [1.29, 1.82) is 0 Å². The summed E-state index contributed by atoms with van der Waals surface area (Å²) >= 11 is 0. The second-order valence-electron chi connectivity index (χ2n) is 7.79. The summed E-state index contributed by atoms with van der Waals surface area (Å²) in [6.45, 7) is 6.16. The molecule has 162 valence electrons. The molecule has 1 aliphatic rings. The zero-order valence-corrected chi connectivity index (χ0v) is 18.3. The third-order valence-electron chi connectivity index (χ3n) is 5.06. The third kappa shape index (κ3) is 5.82. The first kappa shape index (κ1) is 21.8. The van der Waals surface area contributed by atoms with Crippen LogP contribution in [0, 0.1) is 13.8 Å². The SMILES string of the molecule is Cc1cc(C)n(-c2ccccc2CN=C(NCC(=O)N(C)C)NCC2CCCO2)n1. The molecule has 0 bridgehead atoms. The second-order valence-corrected chi connectivity index (χ2v) is 7.79. The molecule has 1 aliphatic heterocycles. The number of hydrogen-bond donors (Lipinski definition) is 2. The number of aryl methyl sites for hydroxylation is 2. The summed E-state index contributed by atoms with van der Waals surface area (Å²) in [5.41, 5.74) is 4.12. The molecule has 2 aromatic rings. The Kier molecular flexibility index (Phi) is 7.46. The summed E-state index contributed by atoms with van der Waals surface area (Å²) in [5.74, 6) is 0.591. The first-order valence-corrected chi connectivity index (χ1v) is 10.4. The lowest BCUT2D eigenvalue weighted by atomic mass is 10.2. The summed E-state index contributed by atoms with van der Waals surface area (Å²) in [6.07, 6.45) is 2.31. The molecule has 30 heavy (non-hydrogen) atoms. The maximum Gasteiger partial charge on any atom is 0.241 e. The van der Waals surface area contributed by atoms with Crippen molar-refractivity contribution < 1.29 is 9.53 Å². The van der Waals surface area contributed by atoms with Crippen LogP contribution in [0.2, 0.25) is 0 Å². The van der Waals surface area contributed by atoms with Gasteiger partial charge in [-0.05, 0) is 44.4 Å². The molecule has 1 fully saturated rings. The van der Waals surface area contributed by atoms with E-state index >= 15 is 0 Å². The summed E-state index contributed by atoms with van der Waals surface area (Å²) in [6, 6.07) is 10.2. The molecule has 1 amide bonds. The second kappa shape index (κ2) is 10.2. The molecule has 1 atom stereocenters. The Morgan fingerprint density at radius 1 is 1.30 bits per heavy atom. The van der Waals surface area contributed by atoms with Gasteiger partial charge in [-0.1, -0.05) is 18.2 Å². The van der Waals surface area contributed by atoms with E-state index in [0.717, 1.165) is 42.1 Å². The fourth-order valence-corrected chi connectivity index (χ4v) is 3.40. The number of guanidine groups is 1. The van der Waals surface area contributed by atoms with Gasteiger partial charge in [0.2, 0.25) is 5.91 Å². The average molecular weight is 413 g/mol. The van der Waals surface area contributed by atoms with Crippen molar-refractivity contribution in [3.8, 4) is 5.69 Å². The average Bonchev–Trinajstić information content (AvgIpc) is 3.36. The van der Waals surface area contributed by atoms with Crippen LogP contribution < -0.4 is 10.6 Å². The molecule has 0 saturated carbocycles. The number of aromatic nitrogens is 2. The standard InChI is InChI=1S/C22H32N6O2/c1-16-12-17(2)28(26-16)20-10-6-5-8-18(20)13-23-22(25-15-21(29)27(3)4)24-14-19-9-7-11-30-19/h5-6,8,10,12,19H,7,9,11,13-15H2,1-4H3,(H2,23,24,25). The zero-order chi connectivity index (χ0) is 21.5. The maximum atomic E-state index is 12.0. The van der Waals surface area contributed by atoms with E-state index in [0.29, 0.717) is 19.0 Å². The zero-order valence-electron chi connectivity index (χ0n) is 18.3. The Balaban J connectivity index is 1.75. The molecular weight excluding hydrogens is 380 g/mol. The van der Waals surface area contributed by atoms with Crippen LogP contribution in [-0.4, -0.2) is 66.4 Å². The quantitative estimate of drug-likeness (QED) is 0.535. The van der Waals surface area contributed by atoms with Gasteiger partial charge in [0, 0.05) is 32.9 Å². The highest BCUT2D eigenvalue weighted by Gasteiger charge is 2.16. The summed E-state index contributed by atoms with van der Waals surface area (Å²) < 4.78 is 7.64. The molecule has 1 aromatic heterocycles. The Morgan fingerprint density at radius 3 is 2.77 bits per heavy atom. The fraction of sp³-hybridized carbons (Fsp3) is 0.500. The van der Waals surface area contributed by atoms with Gasteiger partial charge in [0.15, 0.2) is 5.96 Å². The van der Waals surface area contributed by atoms with Crippen LogP contribution in [0.1, 0.15) is 29.8 Å². The first-order chi connectivity index (χ1) is 14.4. The summed E-state index contributed by atoms with van der Waals surface area (Å²) in [5, 5.41) is 11.1. The van der Waals surface area contributed by atoms with E-state index in [9.17, 15) is 4.79 Å². The van der Waals surface area contributed by atoms with Crippen molar-refractivity contribution in [2.24, 2.45) is 4.99 Å². The lowest BCUT2D eigenvalue weighted by Crippen LogP contribution is -2.45. The number of hydrogen-bond acceptors (Lipinski definition) is 4. The largest absolute Gasteiger partial charge is 0.376 e. The monoisotopic (exact) mass is 412 g/mol. The molecule has 8 heteroatoms. The van der Waals surface area contributed by atoms with Crippen molar-refractivity contribution in [3.05, 3.63) is 47.3 Å². The van der Waals surface area contributed by atoms with Crippen LogP contribution in [0.15, 0.2) is 35.3 Å². The number of carbonyl (C=O) groups is 1. The summed E-state index contributed by atoms with van der Waals surface area (Å²) in [7, 11) is 3.48. The van der Waals surface area contributed by atoms with Gasteiger partial charge in [-0.25, -0.2) is 9.67 Å². The van der Waals surface area contributed by atoms with Crippen LogP contribution in [0.25, 0.3) is 5.69 Å². The van der Waals surface area contributed by atoms with Crippen LogP contribution in [0.4, 0.5) is 0 Å². The van der Waals surface area contributed by atoms with Crippen LogP contribution in [0.5, 0.6) is 0 Å². The fourth-order valence-electron chi connectivity index (χ4n) is 3.40. The number of amides is 1. The Morgan fingerprint density at radius 2 is 2.10 bits per heavy atom. The van der Waals surface area contributed by atoms with E-state index in [2.05, 4.69) is 27.9 Å². The number of ether oxygens (including phenoxy) is 1. The van der Waals surface area contributed by atoms with Gasteiger partial charge in [0.1, 0.15) is 0 Å². The number of para-hydroxylation sites is 1. The van der Waals surface area contributed by atoms with Gasteiger partial charge in [-0.15, -0.1) is 0 Å². The van der Waals surface area contributed by atoms with E-state index in [1.807, 2.05) is 36.7 Å². The predicted octanol–water partition coefficient (Wildman–Crippen LogP) is 1.79. The molecule has 1 unspecified atom stereocenters. The number of nitrogens with zero attached hydrogens (tertiary/aromatic N) is 4. The molecule has 0 radical (unpaired) electrons. The minimum absolute atomic E-state index is 0.00958. The van der Waals surface area contributed by atoms with Gasteiger partial charge in [-0.3, -0.25) is 4.79 Å². The highest BCUT2D eigenvalue weighted by atomic mass is 16.5. The van der Waals surface area contributed by atoms with Crippen molar-refractivity contribution >= 4 is 11.9 Å². The lowest BCUT2D eigenvalue weighted by Gasteiger charge is -2.17. The van der Waals surface area contributed by atoms with Gasteiger partial charge >= 0.3 is 0 Å². The number of likely N-dealkylation sites (N-methyl/N-ethyl adjacent to an activating group) is 1. The molecule has 0 spiro atoms. The highest BCUT2D eigenvalue weighted by molar-refractivity contribution is 5.86. The van der Waals surface area contributed by atoms with E-state index in [1.54, 1.807) is 19.0 Å². The van der Waals surface area contributed by atoms with E-state index in [1.165, 1.54) is 0 Å². The van der Waals surface area contributed by atoms with Gasteiger partial charge in [-0.2, -0.15) is 5.10 Å². The topological polar surface area (TPSA) is 83.8 Å². The smallest absolute Gasteiger partial charge is 0.241 e. The van der Waals surface area contributed by atoms with E-state index < -0.39 is 0 Å². The Labute approximate surface area is 178 Å². The molecule has 1 saturated heterocycles. The molecule has 2 heterocycles. The number of carbonyl (C=O) groups excluding carboxylic acids is 1. The number of aliphatic imine (C=N–C) groups is 1. The van der Waals surface area contributed by atoms with Gasteiger partial charge in [0.25, 0.3) is 0 Å². The molecule has 0 aliphatic carbocycles. The Hall–Kier alpha value is -2.87. The number of rotatable bonds is 7. The van der Waals surface area contributed by atoms with Crippen molar-refractivity contribution in [1.82, 2.24) is 25.3 Å². The molecule has 8 nitrogen and oxygen atoms in total. The molecule has 1 aromatic carbocycles. The lowest BCUT2D eigenvalue weighted by molar-refractivity contribution is -0.127.